The summed E-state index contributed by atoms with van der Waals surface area (Å²) in [7, 11) is -4.29. The Labute approximate surface area is 190 Å². The average Bonchev–Trinajstić information content (AvgIpc) is 3.44. The van der Waals surface area contributed by atoms with Gasteiger partial charge in [0, 0.05) is 29.7 Å². The highest BCUT2D eigenvalue weighted by molar-refractivity contribution is 7.83. The highest BCUT2D eigenvalue weighted by atomic mass is 35.5. The van der Waals surface area contributed by atoms with Gasteiger partial charge in [0.1, 0.15) is 17.8 Å². The van der Waals surface area contributed by atoms with Gasteiger partial charge in [-0.1, -0.05) is 23.7 Å². The number of hydrogen-bond acceptors (Lipinski definition) is 6. The predicted molar refractivity (Wildman–Crippen MR) is 121 cm³/mol. The summed E-state index contributed by atoms with van der Waals surface area (Å²) in [6.45, 7) is -0.0128. The molecule has 2 heterocycles. The van der Waals surface area contributed by atoms with Crippen LogP contribution in [0.15, 0.2) is 36.8 Å². The first kappa shape index (κ1) is 21.6. The minimum absolute atomic E-state index is 0.0128. The summed E-state index contributed by atoms with van der Waals surface area (Å²) in [5, 5.41) is 15.6. The Morgan fingerprint density at radius 2 is 2.06 bits per heavy atom. The lowest BCUT2D eigenvalue weighted by atomic mass is 10.1. The molecule has 0 radical (unpaired) electrons. The van der Waals surface area contributed by atoms with Gasteiger partial charge in [0.05, 0.1) is 17.5 Å². The van der Waals surface area contributed by atoms with Crippen LogP contribution in [0, 0.1) is 5.92 Å². The van der Waals surface area contributed by atoms with Crippen molar-refractivity contribution in [1.82, 2.24) is 19.3 Å². The first-order chi connectivity index (χ1) is 15.3. The number of anilines is 1. The van der Waals surface area contributed by atoms with Gasteiger partial charge in [-0.05, 0) is 48.9 Å². The van der Waals surface area contributed by atoms with Crippen LogP contribution in [0.2, 0.25) is 5.02 Å². The zero-order valence-electron chi connectivity index (χ0n) is 17.1. The number of aliphatic hydroxyl groups is 1. The number of fused-ring (bicyclic) bond motifs is 2. The molecule has 3 aromatic rings. The Hall–Kier alpha value is -2.24. The summed E-state index contributed by atoms with van der Waals surface area (Å²) in [4.78, 5) is 8.94. The fourth-order valence-corrected chi connectivity index (χ4v) is 5.74. The third-order valence-electron chi connectivity index (χ3n) is 6.59. The molecular weight excluding hydrogens is 454 g/mol. The van der Waals surface area contributed by atoms with Crippen LogP contribution in [0.5, 0.6) is 0 Å². The number of nitrogens with zero attached hydrogens (tertiary/aromatic N) is 3. The van der Waals surface area contributed by atoms with Crippen LogP contribution in [0.25, 0.3) is 11.0 Å². The molecule has 1 fully saturated rings. The second-order valence-electron chi connectivity index (χ2n) is 8.50. The van der Waals surface area contributed by atoms with E-state index in [9.17, 15) is 13.5 Å². The molecule has 9 nitrogen and oxygen atoms in total. The molecule has 4 N–H and O–H groups in total. The fraction of sp³-hybridized carbons (Fsp3) is 0.429. The standard InChI is InChI=1S/C21H24ClN5O4S/c22-17-3-1-2-15-14(17)4-5-18(15)26-20-16-6-7-27(21(16)24-11-23-20)13-8-12(19(28)9-13)10-25-32(29,30)31/h1-3,6-7,11-13,18-19,25,28H,4-5,8-10H2,(H,23,24,26)(H,29,30,31)/t12-,13+,18+,19-/m0/s1. The molecule has 170 valence electrons. The topological polar surface area (TPSA) is 129 Å². The van der Waals surface area contributed by atoms with E-state index in [4.69, 9.17) is 16.2 Å². The van der Waals surface area contributed by atoms with Gasteiger partial charge in [0.15, 0.2) is 0 Å². The molecule has 11 heteroatoms. The predicted octanol–water partition coefficient (Wildman–Crippen LogP) is 2.89. The maximum absolute atomic E-state index is 11.0. The average molecular weight is 478 g/mol. The van der Waals surface area contributed by atoms with Gasteiger partial charge in [0.25, 0.3) is 0 Å². The Morgan fingerprint density at radius 1 is 1.22 bits per heavy atom. The lowest BCUT2D eigenvalue weighted by molar-refractivity contribution is 0.133. The van der Waals surface area contributed by atoms with Gasteiger partial charge < -0.3 is 15.0 Å². The van der Waals surface area contributed by atoms with Crippen molar-refractivity contribution in [2.75, 3.05) is 11.9 Å². The van der Waals surface area contributed by atoms with Crippen LogP contribution in [-0.4, -0.2) is 45.3 Å². The lowest BCUT2D eigenvalue weighted by Gasteiger charge is -2.17. The summed E-state index contributed by atoms with van der Waals surface area (Å²) in [6.07, 6.45) is 5.67. The Balaban J connectivity index is 1.37. The lowest BCUT2D eigenvalue weighted by Crippen LogP contribution is -2.31. The molecule has 2 aromatic heterocycles. The molecule has 0 aliphatic heterocycles. The number of halogens is 1. The van der Waals surface area contributed by atoms with Gasteiger partial charge in [0.2, 0.25) is 0 Å². The second-order valence-corrected chi connectivity index (χ2v) is 10.1. The van der Waals surface area contributed by atoms with Crippen molar-refractivity contribution in [3.8, 4) is 0 Å². The first-order valence-electron chi connectivity index (χ1n) is 10.6. The normalized spacial score (nSPS) is 25.3. The first-order valence-corrected chi connectivity index (χ1v) is 12.4. The summed E-state index contributed by atoms with van der Waals surface area (Å²) in [5.74, 6) is 0.452. The maximum Gasteiger partial charge on any atom is 0.333 e. The Bertz CT molecular complexity index is 1260. The van der Waals surface area contributed by atoms with Crippen molar-refractivity contribution in [1.29, 1.82) is 0 Å². The van der Waals surface area contributed by atoms with Crippen LogP contribution in [-0.2, 0) is 16.7 Å². The van der Waals surface area contributed by atoms with Crippen LogP contribution < -0.4 is 10.0 Å². The van der Waals surface area contributed by atoms with Crippen LogP contribution in [0.3, 0.4) is 0 Å². The molecule has 2 aliphatic rings. The minimum Gasteiger partial charge on any atom is -0.393 e. The van der Waals surface area contributed by atoms with E-state index in [1.807, 2.05) is 29.0 Å². The minimum atomic E-state index is -4.29. The maximum atomic E-state index is 11.0. The molecule has 0 spiro atoms. The van der Waals surface area contributed by atoms with Crippen LogP contribution >= 0.6 is 11.6 Å². The van der Waals surface area contributed by atoms with E-state index >= 15 is 0 Å². The fourth-order valence-electron chi connectivity index (χ4n) is 5.04. The Kier molecular flexibility index (Phi) is 5.58. The van der Waals surface area contributed by atoms with E-state index < -0.39 is 16.4 Å². The molecule has 0 unspecified atom stereocenters. The van der Waals surface area contributed by atoms with Gasteiger partial charge in [-0.2, -0.15) is 13.1 Å². The van der Waals surface area contributed by atoms with Crippen LogP contribution in [0.1, 0.15) is 42.5 Å². The highest BCUT2D eigenvalue weighted by Crippen LogP contribution is 2.40. The number of aromatic nitrogens is 3. The summed E-state index contributed by atoms with van der Waals surface area (Å²) < 4.78 is 35.0. The molecule has 4 atom stereocenters. The summed E-state index contributed by atoms with van der Waals surface area (Å²) in [6, 6.07) is 8.02. The zero-order chi connectivity index (χ0) is 22.5. The van der Waals surface area contributed by atoms with Gasteiger partial charge >= 0.3 is 10.3 Å². The largest absolute Gasteiger partial charge is 0.393 e. The van der Waals surface area contributed by atoms with Crippen LogP contribution in [0.4, 0.5) is 5.82 Å². The molecule has 32 heavy (non-hydrogen) atoms. The van der Waals surface area contributed by atoms with Crippen molar-refractivity contribution in [3.05, 3.63) is 52.9 Å². The molecular formula is C21H24ClN5O4S. The van der Waals surface area contributed by atoms with Gasteiger partial charge in [-0.15, -0.1) is 0 Å². The second kappa shape index (κ2) is 8.27. The number of aliphatic hydroxyl groups excluding tert-OH is 1. The summed E-state index contributed by atoms with van der Waals surface area (Å²) in [5.41, 5.74) is 3.13. The van der Waals surface area contributed by atoms with E-state index in [2.05, 4.69) is 26.1 Å². The highest BCUT2D eigenvalue weighted by Gasteiger charge is 2.35. The van der Waals surface area contributed by atoms with Gasteiger partial charge in [-0.25, -0.2) is 9.97 Å². The smallest absolute Gasteiger partial charge is 0.333 e. The third kappa shape index (κ3) is 4.08. The van der Waals surface area contributed by atoms with E-state index in [0.29, 0.717) is 12.8 Å². The molecule has 2 aliphatic carbocycles. The molecule has 0 amide bonds. The zero-order valence-corrected chi connectivity index (χ0v) is 18.7. The van der Waals surface area contributed by atoms with Crippen molar-refractivity contribution in [2.45, 2.75) is 43.9 Å². The number of benzene rings is 1. The SMILES string of the molecule is O=S(=O)(O)NC[C@@H]1C[C@@H](n2ccc3c(N[C@@H]4CCc5c(Cl)cccc54)ncnc32)C[C@@H]1O. The molecule has 5 rings (SSSR count). The molecule has 1 saturated carbocycles. The quantitative estimate of drug-likeness (QED) is 0.401. The molecule has 1 aromatic carbocycles. The summed E-state index contributed by atoms with van der Waals surface area (Å²) >= 11 is 6.35. The van der Waals surface area contributed by atoms with Crippen molar-refractivity contribution in [2.24, 2.45) is 5.92 Å². The monoisotopic (exact) mass is 477 g/mol. The molecule has 0 saturated heterocycles. The van der Waals surface area contributed by atoms with Crippen molar-refractivity contribution >= 4 is 38.8 Å². The van der Waals surface area contributed by atoms with E-state index in [-0.39, 0.29) is 24.5 Å². The number of rotatable bonds is 6. The van der Waals surface area contributed by atoms with Crippen molar-refractivity contribution < 1.29 is 18.1 Å². The molecule has 0 bridgehead atoms. The number of hydrogen-bond donors (Lipinski definition) is 4. The van der Waals surface area contributed by atoms with Crippen molar-refractivity contribution in [3.63, 3.8) is 0 Å². The van der Waals surface area contributed by atoms with E-state index in [1.165, 1.54) is 17.5 Å². The third-order valence-corrected chi connectivity index (χ3v) is 7.47. The Morgan fingerprint density at radius 3 is 2.88 bits per heavy atom. The van der Waals surface area contributed by atoms with Gasteiger partial charge in [-0.3, -0.25) is 4.55 Å². The number of nitrogens with one attached hydrogen (secondary N) is 2. The van der Waals surface area contributed by atoms with E-state index in [0.717, 1.165) is 34.7 Å². The van der Waals surface area contributed by atoms with E-state index in [1.54, 1.807) is 0 Å².